The van der Waals surface area contributed by atoms with Crippen molar-refractivity contribution >= 4 is 17.9 Å². The van der Waals surface area contributed by atoms with E-state index in [0.29, 0.717) is 18.9 Å². The summed E-state index contributed by atoms with van der Waals surface area (Å²) in [5.41, 5.74) is 6.90. The van der Waals surface area contributed by atoms with Crippen LogP contribution in [0.2, 0.25) is 0 Å². The number of hydrogen-bond donors (Lipinski definition) is 3. The van der Waals surface area contributed by atoms with Gasteiger partial charge in [-0.1, -0.05) is 78.9 Å². The zero-order chi connectivity index (χ0) is 36.4. The van der Waals surface area contributed by atoms with Gasteiger partial charge in [0.1, 0.15) is 24.2 Å². The molecule has 2 aliphatic rings. The molecule has 4 heterocycles. The van der Waals surface area contributed by atoms with Crippen LogP contribution < -0.4 is 0 Å². The number of benzene rings is 3. The van der Waals surface area contributed by atoms with Crippen LogP contribution in [0.15, 0.2) is 91.3 Å². The molecule has 0 spiro atoms. The minimum absolute atomic E-state index is 0.0927. The van der Waals surface area contributed by atoms with E-state index < -0.39 is 6.09 Å². The molecule has 0 bridgehead atoms. The molecule has 2 aromatic heterocycles. The Morgan fingerprint density at radius 1 is 0.731 bits per heavy atom. The van der Waals surface area contributed by atoms with Crippen LogP contribution in [0.3, 0.4) is 0 Å². The van der Waals surface area contributed by atoms with Crippen LogP contribution in [0.5, 0.6) is 0 Å². The summed E-state index contributed by atoms with van der Waals surface area (Å²) in [6.45, 7) is 1.11. The highest BCUT2D eigenvalue weighted by molar-refractivity contribution is 5.84. The predicted octanol–water partition coefficient (Wildman–Crippen LogP) is 6.37. The predicted molar refractivity (Wildman–Crippen MR) is 198 cm³/mol. The van der Waals surface area contributed by atoms with E-state index in [1.807, 2.05) is 72.6 Å². The molecule has 2 fully saturated rings. The van der Waals surface area contributed by atoms with E-state index in [0.717, 1.165) is 75.6 Å². The smallest absolute Gasteiger partial charge is 0.407 e. The third-order valence-corrected chi connectivity index (χ3v) is 10.2. The highest BCUT2D eigenvalue weighted by atomic mass is 16.4. The van der Waals surface area contributed by atoms with E-state index >= 15 is 0 Å². The van der Waals surface area contributed by atoms with Crippen molar-refractivity contribution in [1.29, 1.82) is 0 Å². The molecule has 0 radical (unpaired) electrons. The SMILES string of the molecule is CN(CC(=O)N1CCC[C@H]1c1ncc(-c2ccc(-c3ccc(-c4cnc([C@@H]5CCCN5C(=O)[C@@H](c5ccccc5)N(C)C)[nH]4)cc3)cc2)[nH]1)C(=O)O. The number of nitrogens with one attached hydrogen (secondary N) is 2. The molecule has 3 aromatic carbocycles. The summed E-state index contributed by atoms with van der Waals surface area (Å²) in [6, 6.07) is 25.9. The number of amides is 3. The molecule has 0 saturated carbocycles. The summed E-state index contributed by atoms with van der Waals surface area (Å²) in [5.74, 6) is 1.39. The van der Waals surface area contributed by atoms with E-state index in [1.165, 1.54) is 7.05 Å². The molecule has 3 atom stereocenters. The lowest BCUT2D eigenvalue weighted by Gasteiger charge is -2.31. The molecule has 12 heteroatoms. The fourth-order valence-corrected chi connectivity index (χ4v) is 7.47. The minimum Gasteiger partial charge on any atom is -0.465 e. The number of imidazole rings is 2. The van der Waals surface area contributed by atoms with Gasteiger partial charge in [-0.25, -0.2) is 14.8 Å². The number of likely N-dealkylation sites (tertiary alicyclic amines) is 2. The first kappa shape index (κ1) is 34.7. The Morgan fingerprint density at radius 2 is 1.21 bits per heavy atom. The molecule has 0 unspecified atom stereocenters. The second kappa shape index (κ2) is 14.8. The van der Waals surface area contributed by atoms with Gasteiger partial charge in [0.05, 0.1) is 35.9 Å². The number of likely N-dealkylation sites (N-methyl/N-ethyl adjacent to an activating group) is 2. The monoisotopic (exact) mass is 700 g/mol. The maximum atomic E-state index is 13.9. The Hall–Kier alpha value is -5.75. The van der Waals surface area contributed by atoms with Crippen molar-refractivity contribution < 1.29 is 19.5 Å². The van der Waals surface area contributed by atoms with Gasteiger partial charge in [-0.15, -0.1) is 0 Å². The molecular weight excluding hydrogens is 656 g/mol. The molecule has 0 aliphatic carbocycles. The fraction of sp³-hybridized carbons (Fsp3) is 0.325. The van der Waals surface area contributed by atoms with Gasteiger partial charge in [-0.3, -0.25) is 14.5 Å². The van der Waals surface area contributed by atoms with Crippen LogP contribution in [-0.2, 0) is 9.59 Å². The van der Waals surface area contributed by atoms with E-state index in [-0.39, 0.29) is 36.5 Å². The minimum atomic E-state index is -1.13. The van der Waals surface area contributed by atoms with Crippen molar-refractivity contribution in [1.82, 2.24) is 39.5 Å². The lowest BCUT2D eigenvalue weighted by molar-refractivity contribution is -0.137. The average Bonchev–Trinajstić information content (AvgIpc) is 3.99. The summed E-state index contributed by atoms with van der Waals surface area (Å²) in [5, 5.41) is 9.17. The molecular formula is C40H44N8O4. The van der Waals surface area contributed by atoms with Gasteiger partial charge in [0.15, 0.2) is 0 Å². The van der Waals surface area contributed by atoms with Crippen LogP contribution in [0.25, 0.3) is 33.6 Å². The summed E-state index contributed by atoms with van der Waals surface area (Å²) in [7, 11) is 5.29. The van der Waals surface area contributed by atoms with Crippen LogP contribution >= 0.6 is 0 Å². The number of carboxylic acid groups (broad SMARTS) is 1. The maximum Gasteiger partial charge on any atom is 0.407 e. The summed E-state index contributed by atoms with van der Waals surface area (Å²) < 4.78 is 0. The first-order valence-electron chi connectivity index (χ1n) is 17.7. The quantitative estimate of drug-likeness (QED) is 0.154. The van der Waals surface area contributed by atoms with E-state index in [9.17, 15) is 14.4 Å². The highest BCUT2D eigenvalue weighted by Crippen LogP contribution is 2.36. The molecule has 2 aliphatic heterocycles. The Morgan fingerprint density at radius 3 is 1.71 bits per heavy atom. The molecule has 52 heavy (non-hydrogen) atoms. The normalized spacial score (nSPS) is 17.8. The van der Waals surface area contributed by atoms with Crippen molar-refractivity contribution in [3.8, 4) is 33.6 Å². The lowest BCUT2D eigenvalue weighted by Crippen LogP contribution is -2.40. The van der Waals surface area contributed by atoms with Gasteiger partial charge in [0, 0.05) is 20.1 Å². The first-order valence-corrected chi connectivity index (χ1v) is 17.7. The van der Waals surface area contributed by atoms with Crippen molar-refractivity contribution in [3.05, 3.63) is 108 Å². The number of carbonyl (C=O) groups is 3. The van der Waals surface area contributed by atoms with Gasteiger partial charge in [-0.05, 0) is 67.6 Å². The summed E-state index contributed by atoms with van der Waals surface area (Å²) >= 11 is 0. The third kappa shape index (κ3) is 7.06. The Kier molecular flexibility index (Phi) is 9.90. The van der Waals surface area contributed by atoms with Crippen LogP contribution in [0, 0.1) is 0 Å². The summed E-state index contributed by atoms with van der Waals surface area (Å²) in [6.07, 6.45) is 5.93. The second-order valence-corrected chi connectivity index (χ2v) is 13.9. The standard InChI is InChI=1S/C40H44N8O4/c1-45(2)36(30-9-5-4-6-10-30)39(50)48-22-8-12-34(48)38-42-24-32(44-38)29-19-15-27(16-20-29)26-13-17-28(18-14-26)31-23-41-37(43-31)33-11-7-21-47(33)35(49)25-46(3)40(51)52/h4-6,9-10,13-20,23-24,33-34,36H,7-8,11-12,21-22,25H2,1-3H3,(H,41,43)(H,42,44)(H,51,52)/t33-,34-,36+/m0/s1. The first-order chi connectivity index (χ1) is 25.2. The zero-order valence-electron chi connectivity index (χ0n) is 29.7. The number of hydrogen-bond acceptors (Lipinski definition) is 6. The van der Waals surface area contributed by atoms with Crippen molar-refractivity contribution in [3.63, 3.8) is 0 Å². The van der Waals surface area contributed by atoms with Crippen LogP contribution in [-0.4, -0.2) is 103 Å². The van der Waals surface area contributed by atoms with E-state index in [1.54, 1.807) is 11.1 Å². The number of H-pyrrole nitrogens is 2. The second-order valence-electron chi connectivity index (χ2n) is 13.9. The molecule has 7 rings (SSSR count). The zero-order valence-corrected chi connectivity index (χ0v) is 29.7. The number of rotatable bonds is 10. The van der Waals surface area contributed by atoms with Gasteiger partial charge in [0.25, 0.3) is 0 Å². The van der Waals surface area contributed by atoms with Gasteiger partial charge in [-0.2, -0.15) is 0 Å². The molecule has 268 valence electrons. The third-order valence-electron chi connectivity index (χ3n) is 10.2. The maximum absolute atomic E-state index is 13.9. The number of aromatic nitrogens is 4. The molecule has 3 amide bonds. The van der Waals surface area contributed by atoms with Crippen LogP contribution in [0.4, 0.5) is 4.79 Å². The van der Waals surface area contributed by atoms with Gasteiger partial charge >= 0.3 is 6.09 Å². The molecule has 3 N–H and O–H groups in total. The van der Waals surface area contributed by atoms with Crippen molar-refractivity contribution in [2.24, 2.45) is 0 Å². The number of aromatic amines is 2. The largest absolute Gasteiger partial charge is 0.465 e. The lowest BCUT2D eigenvalue weighted by atomic mass is 10.0. The van der Waals surface area contributed by atoms with Gasteiger partial charge in [0.2, 0.25) is 11.8 Å². The van der Waals surface area contributed by atoms with Crippen molar-refractivity contribution in [2.75, 3.05) is 40.8 Å². The van der Waals surface area contributed by atoms with Crippen LogP contribution in [0.1, 0.15) is 61.0 Å². The molecule has 5 aromatic rings. The van der Waals surface area contributed by atoms with Crippen molar-refractivity contribution in [2.45, 2.75) is 43.8 Å². The highest BCUT2D eigenvalue weighted by Gasteiger charge is 2.37. The Balaban J connectivity index is 1.01. The summed E-state index contributed by atoms with van der Waals surface area (Å²) in [4.78, 5) is 60.8. The number of nitrogens with zero attached hydrogens (tertiary/aromatic N) is 6. The Labute approximate surface area is 303 Å². The Bertz CT molecular complexity index is 2020. The number of carbonyl (C=O) groups excluding carboxylic acids is 2. The fourth-order valence-electron chi connectivity index (χ4n) is 7.47. The molecule has 2 saturated heterocycles. The molecule has 12 nitrogen and oxygen atoms in total. The average molecular weight is 701 g/mol. The topological polar surface area (TPSA) is 142 Å². The van der Waals surface area contributed by atoms with E-state index in [4.69, 9.17) is 10.1 Å². The van der Waals surface area contributed by atoms with E-state index in [2.05, 4.69) is 51.4 Å². The van der Waals surface area contributed by atoms with Gasteiger partial charge < -0.3 is 29.8 Å².